The highest BCUT2D eigenvalue weighted by Crippen LogP contribution is 2.31. The van der Waals surface area contributed by atoms with Crippen LogP contribution in [0.25, 0.3) is 5.52 Å². The first-order valence-electron chi connectivity index (χ1n) is 9.75. The third-order valence-electron chi connectivity index (χ3n) is 5.00. The van der Waals surface area contributed by atoms with E-state index in [1.807, 2.05) is 38.2 Å². The van der Waals surface area contributed by atoms with E-state index in [9.17, 15) is 4.79 Å². The van der Waals surface area contributed by atoms with Gasteiger partial charge in [-0.15, -0.1) is 0 Å². The van der Waals surface area contributed by atoms with Gasteiger partial charge in [0.15, 0.2) is 0 Å². The molecule has 2 heterocycles. The van der Waals surface area contributed by atoms with Crippen molar-refractivity contribution in [1.82, 2.24) is 4.40 Å². The Morgan fingerprint density at radius 3 is 2.92 bits per heavy atom. The summed E-state index contributed by atoms with van der Waals surface area (Å²) in [6.07, 6.45) is 11.5. The van der Waals surface area contributed by atoms with Crippen LogP contribution in [0.3, 0.4) is 0 Å². The molecule has 2 unspecified atom stereocenters. The molecule has 2 aromatic heterocycles. The van der Waals surface area contributed by atoms with Crippen LogP contribution in [0.15, 0.2) is 36.5 Å². The van der Waals surface area contributed by atoms with E-state index in [1.54, 1.807) is 0 Å². The number of allylic oxidation sites excluding steroid dienone is 1. The van der Waals surface area contributed by atoms with Crippen LogP contribution in [0.1, 0.15) is 73.7 Å². The Morgan fingerprint density at radius 2 is 2.23 bits per heavy atom. The molecule has 0 bridgehead atoms. The molecule has 140 valence electrons. The van der Waals surface area contributed by atoms with E-state index in [0.717, 1.165) is 42.5 Å². The number of carbonyl (C=O) groups is 1. The van der Waals surface area contributed by atoms with E-state index in [0.29, 0.717) is 12.2 Å². The lowest BCUT2D eigenvalue weighted by atomic mass is 10.0. The Kier molecular flexibility index (Phi) is 6.15. The number of pyridine rings is 1. The minimum atomic E-state index is -0.248. The second kappa shape index (κ2) is 8.54. The van der Waals surface area contributed by atoms with Gasteiger partial charge in [0, 0.05) is 11.7 Å². The fourth-order valence-corrected chi connectivity index (χ4v) is 3.65. The van der Waals surface area contributed by atoms with Gasteiger partial charge < -0.3 is 13.9 Å². The highest BCUT2D eigenvalue weighted by molar-refractivity contribution is 5.92. The first-order valence-corrected chi connectivity index (χ1v) is 9.75. The molecule has 0 fully saturated rings. The van der Waals surface area contributed by atoms with Gasteiger partial charge in [0.1, 0.15) is 0 Å². The maximum Gasteiger partial charge on any atom is 0.338 e. The van der Waals surface area contributed by atoms with Gasteiger partial charge in [0.2, 0.25) is 0 Å². The van der Waals surface area contributed by atoms with Crippen LogP contribution < -0.4 is 0 Å². The standard InChI is InChI=1S/C22H29NO3/c1-4-14-25-22(24)19-15-17-10-9-13-23(17)21(16(19)3)20(5-2)26-18-11-7-6-8-12-18/h7,9-11,13,15,18,20H,4-6,8,12,14H2,1-3H3. The number of aromatic nitrogens is 1. The summed E-state index contributed by atoms with van der Waals surface area (Å²) in [6.45, 7) is 6.58. The van der Waals surface area contributed by atoms with E-state index in [2.05, 4.69) is 23.5 Å². The summed E-state index contributed by atoms with van der Waals surface area (Å²) in [5, 5.41) is 0. The molecule has 0 N–H and O–H groups in total. The van der Waals surface area contributed by atoms with Gasteiger partial charge in [-0.1, -0.05) is 26.0 Å². The van der Waals surface area contributed by atoms with E-state index in [4.69, 9.17) is 9.47 Å². The third kappa shape index (κ3) is 3.85. The molecule has 2 atom stereocenters. The zero-order chi connectivity index (χ0) is 18.5. The zero-order valence-corrected chi connectivity index (χ0v) is 16.0. The van der Waals surface area contributed by atoms with Crippen molar-refractivity contribution in [3.8, 4) is 0 Å². The molecule has 0 aliphatic heterocycles. The molecular weight excluding hydrogens is 326 g/mol. The maximum atomic E-state index is 12.6. The smallest absolute Gasteiger partial charge is 0.338 e. The number of fused-ring (bicyclic) bond motifs is 1. The first kappa shape index (κ1) is 18.7. The predicted octanol–water partition coefficient (Wildman–Crippen LogP) is 5.39. The molecule has 0 aromatic carbocycles. The summed E-state index contributed by atoms with van der Waals surface area (Å²) < 4.78 is 14.0. The zero-order valence-electron chi connectivity index (χ0n) is 16.0. The summed E-state index contributed by atoms with van der Waals surface area (Å²) >= 11 is 0. The van der Waals surface area contributed by atoms with Crippen molar-refractivity contribution in [2.75, 3.05) is 6.61 Å². The quantitative estimate of drug-likeness (QED) is 0.494. The monoisotopic (exact) mass is 355 g/mol. The van der Waals surface area contributed by atoms with Gasteiger partial charge in [-0.25, -0.2) is 4.79 Å². The van der Waals surface area contributed by atoms with Crippen molar-refractivity contribution in [3.05, 3.63) is 53.4 Å². The third-order valence-corrected chi connectivity index (χ3v) is 5.00. The number of carbonyl (C=O) groups excluding carboxylic acids is 1. The summed E-state index contributed by atoms with van der Waals surface area (Å²) in [5.41, 5.74) is 3.63. The van der Waals surface area contributed by atoms with Crippen molar-refractivity contribution in [2.45, 2.75) is 65.1 Å². The average Bonchev–Trinajstić information content (AvgIpc) is 3.13. The summed E-state index contributed by atoms with van der Waals surface area (Å²) in [7, 11) is 0. The Morgan fingerprint density at radius 1 is 1.38 bits per heavy atom. The number of hydrogen-bond acceptors (Lipinski definition) is 3. The molecule has 0 radical (unpaired) electrons. The second-order valence-corrected chi connectivity index (χ2v) is 6.94. The Hall–Kier alpha value is -2.07. The minimum absolute atomic E-state index is 0.0587. The van der Waals surface area contributed by atoms with Crippen molar-refractivity contribution >= 4 is 11.5 Å². The molecular formula is C22H29NO3. The second-order valence-electron chi connectivity index (χ2n) is 6.94. The van der Waals surface area contributed by atoms with Crippen molar-refractivity contribution in [3.63, 3.8) is 0 Å². The number of esters is 1. The Labute approximate surface area is 155 Å². The van der Waals surface area contributed by atoms with Crippen molar-refractivity contribution in [1.29, 1.82) is 0 Å². The lowest BCUT2D eigenvalue weighted by molar-refractivity contribution is -0.000344. The highest BCUT2D eigenvalue weighted by atomic mass is 16.5. The topological polar surface area (TPSA) is 39.9 Å². The van der Waals surface area contributed by atoms with Crippen LogP contribution in [-0.4, -0.2) is 23.1 Å². The van der Waals surface area contributed by atoms with Gasteiger partial charge in [-0.3, -0.25) is 0 Å². The van der Waals surface area contributed by atoms with Gasteiger partial charge >= 0.3 is 5.97 Å². The number of hydrogen-bond donors (Lipinski definition) is 0. The SMILES string of the molecule is CCCOC(=O)c1cc2cccn2c(C(CC)OC2C=CCCC2)c1C. The molecule has 0 saturated heterocycles. The number of ether oxygens (including phenoxy) is 2. The fraction of sp³-hybridized carbons (Fsp3) is 0.500. The Bertz CT molecular complexity index is 790. The van der Waals surface area contributed by atoms with Gasteiger partial charge in [-0.2, -0.15) is 0 Å². The van der Waals surface area contributed by atoms with E-state index >= 15 is 0 Å². The van der Waals surface area contributed by atoms with E-state index < -0.39 is 0 Å². The number of nitrogens with zero attached hydrogens (tertiary/aromatic N) is 1. The van der Waals surface area contributed by atoms with Crippen LogP contribution in [0.2, 0.25) is 0 Å². The van der Waals surface area contributed by atoms with Crippen molar-refractivity contribution < 1.29 is 14.3 Å². The largest absolute Gasteiger partial charge is 0.462 e. The van der Waals surface area contributed by atoms with Gasteiger partial charge in [-0.05, 0) is 62.8 Å². The molecule has 0 amide bonds. The molecule has 4 nitrogen and oxygen atoms in total. The molecule has 2 aromatic rings. The van der Waals surface area contributed by atoms with Crippen molar-refractivity contribution in [2.24, 2.45) is 0 Å². The first-order chi connectivity index (χ1) is 12.7. The summed E-state index contributed by atoms with van der Waals surface area (Å²) in [5.74, 6) is -0.248. The predicted molar refractivity (Wildman–Crippen MR) is 104 cm³/mol. The molecule has 1 aliphatic rings. The molecule has 0 spiro atoms. The Balaban J connectivity index is 2.00. The molecule has 1 aliphatic carbocycles. The van der Waals surface area contributed by atoms with Gasteiger partial charge in [0.05, 0.1) is 30.1 Å². The van der Waals surface area contributed by atoms with E-state index in [-0.39, 0.29) is 18.2 Å². The molecule has 3 rings (SSSR count). The average molecular weight is 355 g/mol. The number of rotatable bonds is 7. The fourth-order valence-electron chi connectivity index (χ4n) is 3.65. The summed E-state index contributed by atoms with van der Waals surface area (Å²) in [6, 6.07) is 5.95. The normalized spacial score (nSPS) is 18.2. The molecule has 0 saturated carbocycles. The van der Waals surface area contributed by atoms with Crippen LogP contribution in [-0.2, 0) is 9.47 Å². The van der Waals surface area contributed by atoms with Crippen LogP contribution >= 0.6 is 0 Å². The minimum Gasteiger partial charge on any atom is -0.462 e. The molecule has 26 heavy (non-hydrogen) atoms. The lowest BCUT2D eigenvalue weighted by Gasteiger charge is -2.27. The lowest BCUT2D eigenvalue weighted by Crippen LogP contribution is -2.20. The van der Waals surface area contributed by atoms with Crippen LogP contribution in [0, 0.1) is 6.92 Å². The van der Waals surface area contributed by atoms with Crippen LogP contribution in [0.5, 0.6) is 0 Å². The van der Waals surface area contributed by atoms with Crippen LogP contribution in [0.4, 0.5) is 0 Å². The van der Waals surface area contributed by atoms with E-state index in [1.165, 1.54) is 6.42 Å². The summed E-state index contributed by atoms with van der Waals surface area (Å²) in [4.78, 5) is 12.6. The molecule has 4 heteroatoms. The maximum absolute atomic E-state index is 12.6. The van der Waals surface area contributed by atoms with Gasteiger partial charge in [0.25, 0.3) is 0 Å². The highest BCUT2D eigenvalue weighted by Gasteiger charge is 2.24.